The Kier molecular flexibility index (Phi) is 8.79. The highest BCUT2D eigenvalue weighted by Gasteiger charge is 2.14. The van der Waals surface area contributed by atoms with Crippen molar-refractivity contribution in [2.45, 2.75) is 0 Å². The lowest BCUT2D eigenvalue weighted by Crippen LogP contribution is -2.00. The second-order valence-corrected chi connectivity index (χ2v) is 15.1. The van der Waals surface area contributed by atoms with Crippen molar-refractivity contribution < 1.29 is 0 Å². The Morgan fingerprint density at radius 2 is 0.567 bits per heavy atom. The predicted molar refractivity (Wildman–Crippen MR) is 248 cm³/mol. The number of aromatic nitrogens is 4. The average molecular weight is 765 g/mol. The summed E-state index contributed by atoms with van der Waals surface area (Å²) in [5, 5.41) is 6.02. The molecular weight excluding hydrogens is 729 g/mol. The van der Waals surface area contributed by atoms with E-state index in [0.29, 0.717) is 17.5 Å². The summed E-state index contributed by atoms with van der Waals surface area (Å²) in [6, 6.07) is 76.4. The molecule has 2 aromatic heterocycles. The van der Waals surface area contributed by atoms with Crippen LogP contribution in [0, 0.1) is 0 Å². The number of rotatable bonds is 7. The predicted octanol–water partition coefficient (Wildman–Crippen LogP) is 14.4. The third kappa shape index (κ3) is 6.66. The Labute approximate surface area is 348 Å². The van der Waals surface area contributed by atoms with Crippen LogP contribution in [0.4, 0.5) is 0 Å². The molecule has 9 aromatic carbocycles. The Morgan fingerprint density at radius 3 is 1.07 bits per heavy atom. The lowest BCUT2D eigenvalue weighted by atomic mass is 9.98. The van der Waals surface area contributed by atoms with Gasteiger partial charge >= 0.3 is 0 Å². The summed E-state index contributed by atoms with van der Waals surface area (Å²) >= 11 is 0. The molecular formula is C56H36N4. The topological polar surface area (TPSA) is 51.6 Å². The third-order valence-corrected chi connectivity index (χ3v) is 11.4. The van der Waals surface area contributed by atoms with E-state index >= 15 is 0 Å². The van der Waals surface area contributed by atoms with Gasteiger partial charge in [-0.25, -0.2) is 19.9 Å². The molecule has 2 heterocycles. The van der Waals surface area contributed by atoms with Crippen molar-refractivity contribution in [2.24, 2.45) is 0 Å². The van der Waals surface area contributed by atoms with E-state index in [9.17, 15) is 0 Å². The molecule has 0 bridgehead atoms. The van der Waals surface area contributed by atoms with E-state index in [4.69, 9.17) is 19.9 Å². The molecule has 0 fully saturated rings. The van der Waals surface area contributed by atoms with E-state index < -0.39 is 0 Å². The fraction of sp³-hybridized carbons (Fsp3) is 0. The van der Waals surface area contributed by atoms with Crippen molar-refractivity contribution in [3.8, 4) is 78.8 Å². The summed E-state index contributed by atoms with van der Waals surface area (Å²) < 4.78 is 0. The lowest BCUT2D eigenvalue weighted by molar-refractivity contribution is 1.07. The molecule has 0 radical (unpaired) electrons. The van der Waals surface area contributed by atoms with E-state index in [1.807, 2.05) is 12.1 Å². The van der Waals surface area contributed by atoms with Crippen LogP contribution in [0.1, 0.15) is 0 Å². The van der Waals surface area contributed by atoms with Crippen molar-refractivity contribution in [2.75, 3.05) is 0 Å². The summed E-state index contributed by atoms with van der Waals surface area (Å²) in [5.74, 6) is 1.88. The molecule has 0 spiro atoms. The van der Waals surface area contributed by atoms with Crippen molar-refractivity contribution in [1.29, 1.82) is 0 Å². The number of hydrogen-bond acceptors (Lipinski definition) is 4. The summed E-state index contributed by atoms with van der Waals surface area (Å²) in [7, 11) is 0. The highest BCUT2D eigenvalue weighted by atomic mass is 15.0. The van der Waals surface area contributed by atoms with Gasteiger partial charge in [0.2, 0.25) is 0 Å². The quantitative estimate of drug-likeness (QED) is 0.152. The van der Waals surface area contributed by atoms with Crippen molar-refractivity contribution >= 4 is 32.4 Å². The molecule has 0 amide bonds. The smallest absolute Gasteiger partial charge is 0.164 e. The Hall–Kier alpha value is -8.08. The van der Waals surface area contributed by atoms with Gasteiger partial charge in [0.1, 0.15) is 0 Å². The van der Waals surface area contributed by atoms with Gasteiger partial charge in [-0.3, -0.25) is 0 Å². The number of benzene rings is 9. The van der Waals surface area contributed by atoms with Crippen LogP contribution >= 0.6 is 0 Å². The molecule has 0 saturated carbocycles. The monoisotopic (exact) mass is 764 g/mol. The second kappa shape index (κ2) is 15.0. The molecule has 0 aliphatic carbocycles. The first-order valence-corrected chi connectivity index (χ1v) is 20.2. The van der Waals surface area contributed by atoms with Gasteiger partial charge in [0.15, 0.2) is 17.5 Å². The molecule has 11 rings (SSSR count). The maximum absolute atomic E-state index is 5.20. The van der Waals surface area contributed by atoms with Crippen LogP contribution < -0.4 is 0 Å². The highest BCUT2D eigenvalue weighted by molar-refractivity contribution is 6.16. The second-order valence-electron chi connectivity index (χ2n) is 15.1. The van der Waals surface area contributed by atoms with Gasteiger partial charge in [-0.15, -0.1) is 0 Å². The summed E-state index contributed by atoms with van der Waals surface area (Å²) in [5.41, 5.74) is 12.7. The van der Waals surface area contributed by atoms with Crippen LogP contribution in [0.15, 0.2) is 218 Å². The van der Waals surface area contributed by atoms with Gasteiger partial charge in [0.05, 0.1) is 11.2 Å². The molecule has 0 atom stereocenters. The van der Waals surface area contributed by atoms with E-state index in [0.717, 1.165) is 61.1 Å². The number of fused-ring (bicyclic) bond motifs is 5. The van der Waals surface area contributed by atoms with Crippen LogP contribution in [-0.2, 0) is 0 Å². The van der Waals surface area contributed by atoms with E-state index in [-0.39, 0.29) is 0 Å². The zero-order valence-corrected chi connectivity index (χ0v) is 32.6. The minimum absolute atomic E-state index is 0.624. The third-order valence-electron chi connectivity index (χ3n) is 11.4. The molecule has 4 nitrogen and oxygen atoms in total. The zero-order valence-electron chi connectivity index (χ0n) is 32.6. The van der Waals surface area contributed by atoms with Crippen LogP contribution in [0.3, 0.4) is 0 Å². The standard InChI is InChI=1S/C56H36N4/c1-3-9-37(10-4-1)39-17-25-46(26-18-39)54-58-55(47-27-19-40(20-28-47)38-11-5-2-6-12-38)60-56(59-54)48-29-21-42(22-30-48)41-15-23-44(24-16-41)52-36-33-45-32-34-50-49-14-8-7-13-43(49)31-35-51(50)53(45)57-52/h1-36H. The Balaban J connectivity index is 0.908. The van der Waals surface area contributed by atoms with Crippen LogP contribution in [-0.4, -0.2) is 19.9 Å². The minimum Gasteiger partial charge on any atom is -0.247 e. The van der Waals surface area contributed by atoms with Crippen molar-refractivity contribution in [1.82, 2.24) is 19.9 Å². The fourth-order valence-corrected chi connectivity index (χ4v) is 8.13. The first-order valence-electron chi connectivity index (χ1n) is 20.2. The highest BCUT2D eigenvalue weighted by Crippen LogP contribution is 2.34. The van der Waals surface area contributed by atoms with Gasteiger partial charge in [0, 0.05) is 33.0 Å². The minimum atomic E-state index is 0.624. The Bertz CT molecular complexity index is 3210. The van der Waals surface area contributed by atoms with Crippen molar-refractivity contribution in [3.63, 3.8) is 0 Å². The normalized spacial score (nSPS) is 11.3. The lowest BCUT2D eigenvalue weighted by Gasteiger charge is -2.11. The molecule has 0 N–H and O–H groups in total. The average Bonchev–Trinajstić information content (AvgIpc) is 3.34. The van der Waals surface area contributed by atoms with Crippen LogP contribution in [0.2, 0.25) is 0 Å². The van der Waals surface area contributed by atoms with Gasteiger partial charge in [-0.1, -0.05) is 212 Å². The van der Waals surface area contributed by atoms with E-state index in [2.05, 4.69) is 206 Å². The summed E-state index contributed by atoms with van der Waals surface area (Å²) in [6.45, 7) is 0. The maximum Gasteiger partial charge on any atom is 0.164 e. The fourth-order valence-electron chi connectivity index (χ4n) is 8.13. The van der Waals surface area contributed by atoms with Gasteiger partial charge in [-0.2, -0.15) is 0 Å². The molecule has 280 valence electrons. The molecule has 11 aromatic rings. The molecule has 0 aliphatic heterocycles. The van der Waals surface area contributed by atoms with Crippen molar-refractivity contribution in [3.05, 3.63) is 218 Å². The molecule has 0 unspecified atom stereocenters. The number of hydrogen-bond donors (Lipinski definition) is 0. The van der Waals surface area contributed by atoms with Crippen LogP contribution in [0.5, 0.6) is 0 Å². The molecule has 4 heteroatoms. The van der Waals surface area contributed by atoms with Gasteiger partial charge < -0.3 is 0 Å². The first-order chi connectivity index (χ1) is 29.7. The first kappa shape index (κ1) is 35.1. The number of nitrogens with zero attached hydrogens (tertiary/aromatic N) is 4. The maximum atomic E-state index is 5.20. The van der Waals surface area contributed by atoms with Gasteiger partial charge in [-0.05, 0) is 55.6 Å². The summed E-state index contributed by atoms with van der Waals surface area (Å²) in [6.07, 6.45) is 0. The van der Waals surface area contributed by atoms with E-state index in [1.54, 1.807) is 0 Å². The Morgan fingerprint density at radius 1 is 0.200 bits per heavy atom. The zero-order chi connectivity index (χ0) is 39.8. The summed E-state index contributed by atoms with van der Waals surface area (Å²) in [4.78, 5) is 20.3. The van der Waals surface area contributed by atoms with E-state index in [1.165, 1.54) is 32.7 Å². The van der Waals surface area contributed by atoms with Gasteiger partial charge in [0.25, 0.3) is 0 Å². The number of pyridine rings is 1. The molecule has 60 heavy (non-hydrogen) atoms. The SMILES string of the molecule is c1ccc(-c2ccc(-c3nc(-c4ccc(-c5ccccc5)cc4)nc(-c4ccc(-c5ccc(-c6ccc7ccc8c9ccccc9ccc8c7n6)cc5)cc4)n3)cc2)cc1. The molecule has 0 aliphatic rings. The largest absolute Gasteiger partial charge is 0.247 e. The van der Waals surface area contributed by atoms with Crippen LogP contribution in [0.25, 0.3) is 111 Å². The molecule has 0 saturated heterocycles.